The summed E-state index contributed by atoms with van der Waals surface area (Å²) in [5, 5.41) is 13.8. The van der Waals surface area contributed by atoms with E-state index in [0.29, 0.717) is 23.0 Å². The van der Waals surface area contributed by atoms with Gasteiger partial charge in [0, 0.05) is 23.1 Å². The second kappa shape index (κ2) is 14.2. The van der Waals surface area contributed by atoms with E-state index in [0.717, 1.165) is 16.7 Å². The molecule has 10 nitrogen and oxygen atoms in total. The highest BCUT2D eigenvalue weighted by Gasteiger charge is 2.75. The molecule has 2 N–H and O–H groups in total. The van der Waals surface area contributed by atoms with Gasteiger partial charge in [-0.3, -0.25) is 19.2 Å². The maximum atomic E-state index is 15.3. The number of fused-ring (bicyclic) bond motifs is 2. The number of aliphatic hydroxyl groups excluding tert-OH is 1. The van der Waals surface area contributed by atoms with Crippen LogP contribution in [0.1, 0.15) is 55.8 Å². The Kier molecular flexibility index (Phi) is 10.2. The number of anilines is 1. The third kappa shape index (κ3) is 6.37. The number of likely N-dealkylation sites (tertiary alicyclic amines) is 1. The van der Waals surface area contributed by atoms with Crippen LogP contribution in [0.15, 0.2) is 71.2 Å². The van der Waals surface area contributed by atoms with E-state index < -0.39 is 59.5 Å². The van der Waals surface area contributed by atoms with Gasteiger partial charge in [0.2, 0.25) is 11.8 Å². The smallest absolute Gasteiger partial charge is 0.306 e. The maximum absolute atomic E-state index is 15.3. The quantitative estimate of drug-likeness (QED) is 0.327. The lowest BCUT2D eigenvalue weighted by atomic mass is 9.74. The SMILES string of the molecule is Cc1cccc(C)c1N1C/C=C\CCC(=O)OC[C@@H](c2ccccc2)NC(=O)[C@@H]2[C@H]3O[C@@]4(C=C3Br)[C@H](C1=O)N([C@@H](CO)CC(C)C)C(=O)[C@@H]24. The van der Waals surface area contributed by atoms with E-state index in [1.165, 1.54) is 4.90 Å². The fraction of sp³-hybridized carbons (Fsp3) is 0.474. The van der Waals surface area contributed by atoms with Crippen LogP contribution in [-0.2, 0) is 28.7 Å². The third-order valence-electron chi connectivity index (χ3n) is 10.1. The first-order valence-electron chi connectivity index (χ1n) is 17.0. The number of aliphatic hydroxyl groups is 1. The van der Waals surface area contributed by atoms with E-state index in [1.807, 2.05) is 88.4 Å². The van der Waals surface area contributed by atoms with Crippen LogP contribution < -0.4 is 10.2 Å². The van der Waals surface area contributed by atoms with Crippen LogP contribution in [0.5, 0.6) is 0 Å². The van der Waals surface area contributed by atoms with Gasteiger partial charge in [-0.15, -0.1) is 0 Å². The monoisotopic (exact) mass is 733 g/mol. The molecule has 5 bridgehead atoms. The van der Waals surface area contributed by atoms with E-state index in [-0.39, 0.29) is 38.0 Å². The number of para-hydroxylation sites is 1. The summed E-state index contributed by atoms with van der Waals surface area (Å²) in [6.07, 6.45) is 5.65. The number of amides is 3. The summed E-state index contributed by atoms with van der Waals surface area (Å²) in [6, 6.07) is 12.5. The van der Waals surface area contributed by atoms with Gasteiger partial charge >= 0.3 is 5.97 Å². The molecule has 2 aromatic rings. The summed E-state index contributed by atoms with van der Waals surface area (Å²) >= 11 is 3.63. The Hall–Kier alpha value is -3.80. The Morgan fingerprint density at radius 2 is 1.71 bits per heavy atom. The number of aryl methyl sites for hydroxylation is 2. The number of cyclic esters (lactones) is 1. The minimum absolute atomic E-state index is 0.0914. The molecule has 0 unspecified atom stereocenters. The summed E-state index contributed by atoms with van der Waals surface area (Å²) in [4.78, 5) is 60.5. The van der Waals surface area contributed by atoms with E-state index in [4.69, 9.17) is 9.47 Å². The molecular weight excluding hydrogens is 690 g/mol. The Morgan fingerprint density at radius 3 is 2.39 bits per heavy atom. The Bertz CT molecular complexity index is 1660. The molecule has 0 aromatic heterocycles. The van der Waals surface area contributed by atoms with Crippen molar-refractivity contribution in [1.29, 1.82) is 0 Å². The Balaban J connectivity index is 1.51. The van der Waals surface area contributed by atoms with Crippen molar-refractivity contribution in [3.05, 3.63) is 87.9 Å². The van der Waals surface area contributed by atoms with Crippen LogP contribution in [-0.4, -0.2) is 77.2 Å². The highest BCUT2D eigenvalue weighted by molar-refractivity contribution is 9.11. The van der Waals surface area contributed by atoms with Crippen molar-refractivity contribution < 1.29 is 33.8 Å². The number of hydrogen-bond acceptors (Lipinski definition) is 7. The molecule has 4 aliphatic rings. The molecule has 49 heavy (non-hydrogen) atoms. The van der Waals surface area contributed by atoms with Crippen molar-refractivity contribution in [2.75, 3.05) is 24.7 Å². The summed E-state index contributed by atoms with van der Waals surface area (Å²) in [5.74, 6) is -3.55. The number of nitrogens with zero attached hydrogens (tertiary/aromatic N) is 2. The molecule has 0 saturated carbocycles. The molecular formula is C38H44BrN3O7. The molecule has 7 atom stereocenters. The second-order valence-corrected chi connectivity index (χ2v) is 14.8. The van der Waals surface area contributed by atoms with Gasteiger partial charge in [0.1, 0.15) is 24.4 Å². The molecule has 2 fully saturated rings. The molecule has 1 spiro atoms. The fourth-order valence-corrected chi connectivity index (χ4v) is 8.78. The van der Waals surface area contributed by atoms with Crippen molar-refractivity contribution in [1.82, 2.24) is 10.2 Å². The number of halogens is 1. The lowest BCUT2D eigenvalue weighted by molar-refractivity contribution is -0.146. The molecule has 260 valence electrons. The average Bonchev–Trinajstić information content (AvgIpc) is 3.67. The van der Waals surface area contributed by atoms with Crippen LogP contribution in [0.3, 0.4) is 0 Å². The van der Waals surface area contributed by atoms with Gasteiger partial charge in [-0.1, -0.05) is 90.5 Å². The molecule has 0 radical (unpaired) electrons. The number of benzene rings is 2. The first kappa shape index (κ1) is 35.0. The minimum Gasteiger partial charge on any atom is -0.463 e. The van der Waals surface area contributed by atoms with Crippen molar-refractivity contribution in [2.24, 2.45) is 17.8 Å². The maximum Gasteiger partial charge on any atom is 0.306 e. The van der Waals surface area contributed by atoms with Gasteiger partial charge in [0.25, 0.3) is 5.91 Å². The Morgan fingerprint density at radius 1 is 1.00 bits per heavy atom. The lowest BCUT2D eigenvalue weighted by Crippen LogP contribution is -2.59. The zero-order chi connectivity index (χ0) is 35.0. The number of ether oxygens (including phenoxy) is 2. The standard InChI is InChI=1S/C38H44BrN3O7/c1-22(2)18-26(20-43)42-34-37(47)41(32-23(3)12-11-13-24(32)4)17-10-6-9-16-29(44)48-21-28(25-14-7-5-8-15-25)40-35(45)30-31(36(42)46)38(34)19-27(39)33(30)49-38/h5-8,10-15,19,22,26,28,30-31,33-34,43H,9,16-18,20-21H2,1-4H3,(H,40,45)/b10-6-/t26-,28+,30+,31-,33+,34+,38-/m1/s1. The predicted molar refractivity (Wildman–Crippen MR) is 187 cm³/mol. The third-order valence-corrected chi connectivity index (χ3v) is 10.8. The van der Waals surface area contributed by atoms with Gasteiger partial charge in [0.15, 0.2) is 0 Å². The molecule has 11 heteroatoms. The number of nitrogens with one attached hydrogen (secondary N) is 1. The van der Waals surface area contributed by atoms with Gasteiger partial charge in [-0.2, -0.15) is 0 Å². The van der Waals surface area contributed by atoms with E-state index in [1.54, 1.807) is 11.0 Å². The second-order valence-electron chi connectivity index (χ2n) is 13.9. The topological polar surface area (TPSA) is 125 Å². The number of allylic oxidation sites excluding steroid dienone is 1. The van der Waals surface area contributed by atoms with Gasteiger partial charge in [-0.25, -0.2) is 0 Å². The first-order chi connectivity index (χ1) is 23.5. The van der Waals surface area contributed by atoms with Crippen LogP contribution in [0.25, 0.3) is 0 Å². The fourth-order valence-electron chi connectivity index (χ4n) is 8.04. The van der Waals surface area contributed by atoms with Gasteiger partial charge in [0.05, 0.1) is 30.5 Å². The van der Waals surface area contributed by atoms with Gasteiger partial charge < -0.3 is 29.7 Å². The zero-order valence-corrected chi connectivity index (χ0v) is 29.9. The van der Waals surface area contributed by atoms with Crippen molar-refractivity contribution in [3.8, 4) is 0 Å². The van der Waals surface area contributed by atoms with Crippen LogP contribution in [0.2, 0.25) is 0 Å². The lowest BCUT2D eigenvalue weighted by Gasteiger charge is -2.39. The highest BCUT2D eigenvalue weighted by Crippen LogP contribution is 2.59. The summed E-state index contributed by atoms with van der Waals surface area (Å²) < 4.78 is 13.0. The van der Waals surface area contributed by atoms with Gasteiger partial charge in [-0.05, 0) is 55.4 Å². The van der Waals surface area contributed by atoms with E-state index in [2.05, 4.69) is 21.2 Å². The predicted octanol–water partition coefficient (Wildman–Crippen LogP) is 4.67. The highest BCUT2D eigenvalue weighted by atomic mass is 79.9. The largest absolute Gasteiger partial charge is 0.463 e. The molecule has 3 amide bonds. The number of rotatable bonds is 6. The van der Waals surface area contributed by atoms with E-state index in [9.17, 15) is 19.5 Å². The molecule has 4 aliphatic heterocycles. The molecule has 2 saturated heterocycles. The molecule has 0 aliphatic carbocycles. The number of carbonyl (C=O) groups is 4. The number of hydrogen-bond donors (Lipinski definition) is 2. The first-order valence-corrected chi connectivity index (χ1v) is 17.8. The minimum atomic E-state index is -1.47. The Labute approximate surface area is 295 Å². The van der Waals surface area contributed by atoms with Crippen LogP contribution in [0, 0.1) is 31.6 Å². The molecule has 4 heterocycles. The molecule has 6 rings (SSSR count). The van der Waals surface area contributed by atoms with Crippen LogP contribution in [0.4, 0.5) is 5.69 Å². The van der Waals surface area contributed by atoms with Crippen LogP contribution >= 0.6 is 15.9 Å². The van der Waals surface area contributed by atoms with E-state index >= 15 is 4.79 Å². The summed E-state index contributed by atoms with van der Waals surface area (Å²) in [7, 11) is 0. The number of esters is 1. The van der Waals surface area contributed by atoms with Crippen molar-refractivity contribution in [3.63, 3.8) is 0 Å². The summed E-state index contributed by atoms with van der Waals surface area (Å²) in [6.45, 7) is 7.59. The zero-order valence-electron chi connectivity index (χ0n) is 28.3. The normalized spacial score (nSPS) is 30.3. The summed E-state index contributed by atoms with van der Waals surface area (Å²) in [5.41, 5.74) is 1.73. The van der Waals surface area contributed by atoms with Crippen molar-refractivity contribution in [2.45, 2.75) is 76.8 Å². The van der Waals surface area contributed by atoms with Crippen molar-refractivity contribution >= 4 is 45.3 Å². The number of carbonyl (C=O) groups excluding carboxylic acids is 4. The average molecular weight is 735 g/mol. The molecule has 2 aromatic carbocycles.